The van der Waals surface area contributed by atoms with Crippen molar-refractivity contribution in [1.82, 2.24) is 9.88 Å². The van der Waals surface area contributed by atoms with Crippen LogP contribution >= 0.6 is 11.3 Å². The van der Waals surface area contributed by atoms with Gasteiger partial charge in [0.1, 0.15) is 10.5 Å². The van der Waals surface area contributed by atoms with Gasteiger partial charge in [-0.3, -0.25) is 4.79 Å². The lowest BCUT2D eigenvalue weighted by atomic mass is 9.90. The van der Waals surface area contributed by atoms with E-state index in [1.54, 1.807) is 6.07 Å². The predicted octanol–water partition coefficient (Wildman–Crippen LogP) is 5.01. The molecule has 1 atom stereocenters. The Morgan fingerprint density at radius 3 is 2.67 bits per heavy atom. The summed E-state index contributed by atoms with van der Waals surface area (Å²) in [6.07, 6.45) is 0. The molecule has 0 radical (unpaired) electrons. The minimum atomic E-state index is -0.259. The number of halogens is 1. The molecule has 0 amide bonds. The number of likely N-dealkylation sites (N-methyl/N-ethyl adjacent to an activating group) is 1. The number of pyridine rings is 1. The number of nitrogens with one attached hydrogen (secondary N) is 1. The zero-order chi connectivity index (χ0) is 21.6. The quantitative estimate of drug-likeness (QED) is 0.473. The largest absolute Gasteiger partial charge is 0.392 e. The summed E-state index contributed by atoms with van der Waals surface area (Å²) in [7, 11) is 3.95. The normalized spacial score (nSPS) is 12.9. The Labute approximate surface area is 178 Å². The molecule has 2 N–H and O–H groups in total. The molecule has 2 aromatic heterocycles. The van der Waals surface area contributed by atoms with Gasteiger partial charge in [0.25, 0.3) is 5.56 Å². The van der Waals surface area contributed by atoms with Crippen molar-refractivity contribution in [1.29, 1.82) is 0 Å². The Kier molecular flexibility index (Phi) is 5.49. The van der Waals surface area contributed by atoms with E-state index < -0.39 is 0 Å². The van der Waals surface area contributed by atoms with E-state index in [1.165, 1.54) is 11.3 Å². The molecular weight excluding hydrogens is 399 g/mol. The second-order valence-corrected chi connectivity index (χ2v) is 9.07. The number of rotatable bonds is 5. The number of benzene rings is 2. The van der Waals surface area contributed by atoms with Gasteiger partial charge in [-0.1, -0.05) is 25.1 Å². The third-order valence-corrected chi connectivity index (χ3v) is 6.53. The summed E-state index contributed by atoms with van der Waals surface area (Å²) in [5, 5.41) is 13.7. The Morgan fingerprint density at radius 1 is 1.23 bits per heavy atom. The van der Waals surface area contributed by atoms with Crippen LogP contribution in [0, 0.1) is 12.7 Å². The number of aromatic amines is 1. The van der Waals surface area contributed by atoms with Gasteiger partial charge in [0.05, 0.1) is 12.1 Å². The number of aliphatic hydroxyl groups is 1. The van der Waals surface area contributed by atoms with Gasteiger partial charge in [0.15, 0.2) is 0 Å². The molecule has 0 aliphatic rings. The minimum Gasteiger partial charge on any atom is -0.392 e. The first-order valence-corrected chi connectivity index (χ1v) is 10.8. The molecule has 0 saturated carbocycles. The van der Waals surface area contributed by atoms with Gasteiger partial charge in [-0.05, 0) is 72.3 Å². The number of aliphatic hydroxyl groups excluding tert-OH is 1. The van der Waals surface area contributed by atoms with Crippen molar-refractivity contribution >= 4 is 32.3 Å². The standard InChI is InChI=1S/C24H25FN2O2S/c1-13-9-16(12-28)20(21-18-7-8-30-23(18)24(29)26-22(13)21)15-5-6-17(19(25)10-15)14(2)11-27(3)4/h5-10,14,28H,11-12H2,1-4H3,(H,26,29)/t14-/m1/s1. The lowest BCUT2D eigenvalue weighted by Crippen LogP contribution is -2.19. The molecule has 0 bridgehead atoms. The zero-order valence-corrected chi connectivity index (χ0v) is 18.4. The van der Waals surface area contributed by atoms with Crippen LogP contribution in [0.25, 0.3) is 32.1 Å². The Hall–Kier alpha value is -2.54. The minimum absolute atomic E-state index is 0.0565. The number of hydrogen-bond acceptors (Lipinski definition) is 4. The van der Waals surface area contributed by atoms with E-state index in [0.29, 0.717) is 21.4 Å². The lowest BCUT2D eigenvalue weighted by Gasteiger charge is -2.19. The van der Waals surface area contributed by atoms with Gasteiger partial charge in [-0.25, -0.2) is 4.39 Å². The summed E-state index contributed by atoms with van der Waals surface area (Å²) < 4.78 is 15.8. The van der Waals surface area contributed by atoms with Crippen molar-refractivity contribution in [3.05, 3.63) is 68.6 Å². The maximum Gasteiger partial charge on any atom is 0.266 e. The van der Waals surface area contributed by atoms with E-state index in [9.17, 15) is 9.90 Å². The van der Waals surface area contributed by atoms with Crippen LogP contribution in [0.5, 0.6) is 0 Å². The third-order valence-electron chi connectivity index (χ3n) is 5.61. The molecule has 6 heteroatoms. The maximum absolute atomic E-state index is 15.1. The van der Waals surface area contributed by atoms with Crippen LogP contribution in [0.2, 0.25) is 0 Å². The fraction of sp³-hybridized carbons (Fsp3) is 0.292. The second-order valence-electron chi connectivity index (χ2n) is 8.15. The maximum atomic E-state index is 15.1. The van der Waals surface area contributed by atoms with Crippen LogP contribution in [-0.2, 0) is 6.61 Å². The van der Waals surface area contributed by atoms with Crippen molar-refractivity contribution in [2.24, 2.45) is 0 Å². The van der Waals surface area contributed by atoms with Crippen molar-refractivity contribution < 1.29 is 9.50 Å². The van der Waals surface area contributed by atoms with Crippen LogP contribution in [0.3, 0.4) is 0 Å². The molecular formula is C24H25FN2O2S. The van der Waals surface area contributed by atoms with Crippen LogP contribution in [0.1, 0.15) is 29.5 Å². The molecule has 2 heterocycles. The second kappa shape index (κ2) is 7.95. The van der Waals surface area contributed by atoms with Gasteiger partial charge in [0.2, 0.25) is 0 Å². The summed E-state index contributed by atoms with van der Waals surface area (Å²) in [4.78, 5) is 17.5. The molecule has 0 fully saturated rings. The van der Waals surface area contributed by atoms with Crippen molar-refractivity contribution in [2.75, 3.05) is 20.6 Å². The molecule has 4 aromatic rings. The highest BCUT2D eigenvalue weighted by atomic mass is 32.1. The predicted molar refractivity (Wildman–Crippen MR) is 123 cm³/mol. The summed E-state index contributed by atoms with van der Waals surface area (Å²) in [6.45, 7) is 4.50. The Bertz CT molecular complexity index is 1310. The number of aromatic nitrogens is 1. The average molecular weight is 425 g/mol. The van der Waals surface area contributed by atoms with Crippen LogP contribution < -0.4 is 5.56 Å². The number of H-pyrrole nitrogens is 1. The van der Waals surface area contributed by atoms with Gasteiger partial charge in [0, 0.05) is 17.3 Å². The molecule has 0 aliphatic carbocycles. The summed E-state index contributed by atoms with van der Waals surface area (Å²) in [6, 6.07) is 9.09. The summed E-state index contributed by atoms with van der Waals surface area (Å²) >= 11 is 1.38. The molecule has 0 unspecified atom stereocenters. The fourth-order valence-corrected chi connectivity index (χ4v) is 5.15. The first-order valence-electron chi connectivity index (χ1n) is 9.93. The SMILES string of the molecule is Cc1cc(CO)c(-c2ccc([C@H](C)CN(C)C)c(F)c2)c2c1[nH]c(=O)c1sccc12. The topological polar surface area (TPSA) is 56.3 Å². The van der Waals surface area contributed by atoms with E-state index >= 15 is 4.39 Å². The van der Waals surface area contributed by atoms with Gasteiger partial charge in [-0.15, -0.1) is 11.3 Å². The highest BCUT2D eigenvalue weighted by Gasteiger charge is 2.19. The Morgan fingerprint density at radius 2 is 2.00 bits per heavy atom. The number of aryl methyl sites for hydroxylation is 1. The molecule has 0 spiro atoms. The van der Waals surface area contributed by atoms with Gasteiger partial charge in [-0.2, -0.15) is 0 Å². The number of fused-ring (bicyclic) bond motifs is 3. The number of thiophene rings is 1. The highest BCUT2D eigenvalue weighted by molar-refractivity contribution is 7.17. The smallest absolute Gasteiger partial charge is 0.266 e. The van der Waals surface area contributed by atoms with Crippen LogP contribution in [-0.4, -0.2) is 35.6 Å². The van der Waals surface area contributed by atoms with E-state index in [4.69, 9.17) is 0 Å². The first kappa shape index (κ1) is 20.7. The Balaban J connectivity index is 2.01. The highest BCUT2D eigenvalue weighted by Crippen LogP contribution is 2.39. The monoisotopic (exact) mass is 424 g/mol. The lowest BCUT2D eigenvalue weighted by molar-refractivity contribution is 0.282. The van der Waals surface area contributed by atoms with Crippen molar-refractivity contribution in [2.45, 2.75) is 26.4 Å². The molecule has 4 nitrogen and oxygen atoms in total. The number of hydrogen-bond donors (Lipinski definition) is 2. The van der Waals surface area contributed by atoms with Gasteiger partial charge >= 0.3 is 0 Å². The molecule has 0 aliphatic heterocycles. The third kappa shape index (κ3) is 3.45. The fourth-order valence-electron chi connectivity index (χ4n) is 4.35. The zero-order valence-electron chi connectivity index (χ0n) is 17.5. The van der Waals surface area contributed by atoms with Crippen molar-refractivity contribution in [3.63, 3.8) is 0 Å². The number of nitrogens with zero attached hydrogens (tertiary/aromatic N) is 1. The summed E-state index contributed by atoms with van der Waals surface area (Å²) in [5.41, 5.74) is 4.32. The average Bonchev–Trinajstić information content (AvgIpc) is 3.18. The first-order chi connectivity index (χ1) is 14.3. The molecule has 30 heavy (non-hydrogen) atoms. The molecule has 2 aromatic carbocycles. The van der Waals surface area contributed by atoms with E-state index in [1.807, 2.05) is 62.5 Å². The van der Waals surface area contributed by atoms with E-state index in [-0.39, 0.29) is 23.9 Å². The molecule has 4 rings (SSSR count). The summed E-state index contributed by atoms with van der Waals surface area (Å²) in [5.74, 6) is -0.202. The van der Waals surface area contributed by atoms with Gasteiger partial charge < -0.3 is 15.0 Å². The van der Waals surface area contributed by atoms with Crippen LogP contribution in [0.15, 0.2) is 40.5 Å². The van der Waals surface area contributed by atoms with E-state index in [0.717, 1.165) is 34.0 Å². The van der Waals surface area contributed by atoms with Crippen LogP contribution in [0.4, 0.5) is 4.39 Å². The van der Waals surface area contributed by atoms with E-state index in [2.05, 4.69) is 4.98 Å². The molecule has 0 saturated heterocycles. The van der Waals surface area contributed by atoms with Crippen molar-refractivity contribution in [3.8, 4) is 11.1 Å². The molecule has 156 valence electrons.